The molecule has 2 rings (SSSR count). The summed E-state index contributed by atoms with van der Waals surface area (Å²) in [4.78, 5) is 20.7. The molecule has 1 heterocycles. The molecule has 118 valence electrons. The highest BCUT2D eigenvalue weighted by molar-refractivity contribution is 5.91. The Morgan fingerprint density at radius 1 is 0.952 bits per heavy atom. The summed E-state index contributed by atoms with van der Waals surface area (Å²) in [5.74, 6) is -2.13. The maximum atomic E-state index is 10.3. The number of epoxide rings is 1. The second-order valence-electron chi connectivity index (χ2n) is 3.82. The highest BCUT2D eigenvalue weighted by Gasteiger charge is 2.04. The van der Waals surface area contributed by atoms with Crippen molar-refractivity contribution in [1.29, 1.82) is 0 Å². The van der Waals surface area contributed by atoms with Crippen molar-refractivity contribution >= 4 is 11.9 Å². The summed E-state index contributed by atoms with van der Waals surface area (Å²) in [5.41, 5.74) is 0.167. The Kier molecular flexibility index (Phi) is 9.72. The summed E-state index contributed by atoms with van der Waals surface area (Å²) in [6, 6.07) is 5.02. The number of aliphatic hydroxyl groups excluding tert-OH is 3. The van der Waals surface area contributed by atoms with Crippen LogP contribution in [0, 0.1) is 0 Å². The zero-order valence-electron chi connectivity index (χ0n) is 11.2. The van der Waals surface area contributed by atoms with Gasteiger partial charge in [0.1, 0.15) is 6.10 Å². The van der Waals surface area contributed by atoms with Gasteiger partial charge in [-0.15, -0.1) is 0 Å². The topological polar surface area (TPSA) is 148 Å². The van der Waals surface area contributed by atoms with Gasteiger partial charge in [0.25, 0.3) is 0 Å². The van der Waals surface area contributed by atoms with E-state index in [4.69, 9.17) is 25.5 Å². The lowest BCUT2D eigenvalue weighted by Gasteiger charge is -1.96. The Labute approximate surface area is 120 Å². The molecule has 0 amide bonds. The minimum absolute atomic E-state index is 0.0833. The average molecular weight is 302 g/mol. The maximum Gasteiger partial charge on any atom is 0.335 e. The van der Waals surface area contributed by atoms with Gasteiger partial charge in [-0.2, -0.15) is 0 Å². The van der Waals surface area contributed by atoms with Crippen molar-refractivity contribution in [3.8, 4) is 0 Å². The molecule has 0 aromatic heterocycles. The number of hydrogen-bond acceptors (Lipinski definition) is 6. The third kappa shape index (κ3) is 10.4. The Morgan fingerprint density at radius 3 is 1.33 bits per heavy atom. The summed E-state index contributed by atoms with van der Waals surface area (Å²) in [7, 11) is 0. The lowest BCUT2D eigenvalue weighted by Crippen LogP contribution is -2.15. The van der Waals surface area contributed by atoms with Gasteiger partial charge >= 0.3 is 11.9 Å². The first-order valence-corrected chi connectivity index (χ1v) is 5.96. The summed E-state index contributed by atoms with van der Waals surface area (Å²) >= 11 is 0. The maximum absolute atomic E-state index is 10.3. The minimum Gasteiger partial charge on any atom is -0.478 e. The Balaban J connectivity index is 0.000000367. The average Bonchev–Trinajstić information content (AvgIpc) is 3.35. The molecular weight excluding hydrogens is 284 g/mol. The van der Waals surface area contributed by atoms with Crippen LogP contribution in [0.15, 0.2) is 24.3 Å². The number of rotatable bonds is 4. The zero-order valence-corrected chi connectivity index (χ0v) is 11.2. The standard InChI is InChI=1S/C8H6O4.C3H8O3.C2H4O/c9-7(10)5-1-2-6(4-3-5)8(11)12;4-1-3(6)2-5;1-2-3-1/h1-4H,(H,9,10)(H,11,12);3-6H,1-2H2;1-2H2. The van der Waals surface area contributed by atoms with Crippen LogP contribution in [0.4, 0.5) is 0 Å². The molecule has 8 nitrogen and oxygen atoms in total. The van der Waals surface area contributed by atoms with E-state index in [1.54, 1.807) is 0 Å². The lowest BCUT2D eigenvalue weighted by molar-refractivity contribution is 0.0450. The monoisotopic (exact) mass is 302 g/mol. The molecule has 21 heavy (non-hydrogen) atoms. The first-order chi connectivity index (χ1) is 9.92. The molecule has 1 saturated heterocycles. The molecule has 0 saturated carbocycles. The van der Waals surface area contributed by atoms with Crippen LogP contribution in [0.2, 0.25) is 0 Å². The largest absolute Gasteiger partial charge is 0.478 e. The van der Waals surface area contributed by atoms with Crippen LogP contribution in [-0.4, -0.2) is 70.0 Å². The van der Waals surface area contributed by atoms with E-state index in [1.807, 2.05) is 0 Å². The van der Waals surface area contributed by atoms with Gasteiger partial charge in [-0.25, -0.2) is 9.59 Å². The van der Waals surface area contributed by atoms with E-state index in [0.717, 1.165) is 13.2 Å². The number of benzene rings is 1. The fraction of sp³-hybridized carbons (Fsp3) is 0.385. The predicted octanol–water partition coefficient (Wildman–Crippen LogP) is -0.569. The van der Waals surface area contributed by atoms with Crippen molar-refractivity contribution in [2.24, 2.45) is 0 Å². The predicted molar refractivity (Wildman–Crippen MR) is 71.4 cm³/mol. The molecule has 0 unspecified atom stereocenters. The third-order valence-electron chi connectivity index (χ3n) is 2.00. The molecule has 1 aromatic carbocycles. The van der Waals surface area contributed by atoms with Gasteiger partial charge in [-0.1, -0.05) is 0 Å². The molecule has 1 aliphatic heterocycles. The van der Waals surface area contributed by atoms with Crippen LogP contribution in [0.25, 0.3) is 0 Å². The Bertz CT molecular complexity index is 387. The molecule has 1 aliphatic rings. The van der Waals surface area contributed by atoms with Crippen molar-refractivity contribution < 1.29 is 39.9 Å². The van der Waals surface area contributed by atoms with Gasteiger partial charge in [0, 0.05) is 0 Å². The lowest BCUT2D eigenvalue weighted by atomic mass is 10.1. The second-order valence-corrected chi connectivity index (χ2v) is 3.82. The van der Waals surface area contributed by atoms with Crippen LogP contribution in [0.3, 0.4) is 0 Å². The van der Waals surface area contributed by atoms with Crippen LogP contribution < -0.4 is 0 Å². The SMILES string of the molecule is C1CO1.O=C(O)c1ccc(C(=O)O)cc1.OCC(O)CO. The number of aliphatic hydroxyl groups is 3. The van der Waals surface area contributed by atoms with E-state index < -0.39 is 18.0 Å². The number of hydrogen-bond donors (Lipinski definition) is 5. The summed E-state index contributed by atoms with van der Waals surface area (Å²) in [6.07, 6.45) is -0.954. The fourth-order valence-electron chi connectivity index (χ4n) is 0.813. The number of carboxylic acid groups (broad SMARTS) is 2. The van der Waals surface area contributed by atoms with Crippen molar-refractivity contribution in [2.75, 3.05) is 26.4 Å². The van der Waals surface area contributed by atoms with E-state index >= 15 is 0 Å². The third-order valence-corrected chi connectivity index (χ3v) is 2.00. The molecule has 0 atom stereocenters. The van der Waals surface area contributed by atoms with E-state index in [1.165, 1.54) is 24.3 Å². The molecule has 0 radical (unpaired) electrons. The van der Waals surface area contributed by atoms with Gasteiger partial charge in [0.2, 0.25) is 0 Å². The zero-order chi connectivity index (χ0) is 16.3. The van der Waals surface area contributed by atoms with Gasteiger partial charge in [0.15, 0.2) is 0 Å². The molecule has 1 fully saturated rings. The van der Waals surface area contributed by atoms with Gasteiger partial charge < -0.3 is 30.3 Å². The molecule has 8 heteroatoms. The molecule has 1 aromatic rings. The van der Waals surface area contributed by atoms with Gasteiger partial charge in [-0.3, -0.25) is 0 Å². The van der Waals surface area contributed by atoms with E-state index in [9.17, 15) is 9.59 Å². The fourth-order valence-corrected chi connectivity index (χ4v) is 0.813. The van der Waals surface area contributed by atoms with Crippen LogP contribution in [0.1, 0.15) is 20.7 Å². The first-order valence-electron chi connectivity index (χ1n) is 5.96. The number of carboxylic acids is 2. The molecule has 0 aliphatic carbocycles. The van der Waals surface area contributed by atoms with Crippen molar-refractivity contribution in [3.05, 3.63) is 35.4 Å². The Hall–Kier alpha value is -2.00. The van der Waals surface area contributed by atoms with Crippen LogP contribution >= 0.6 is 0 Å². The highest BCUT2D eigenvalue weighted by Crippen LogP contribution is 2.03. The molecule has 0 spiro atoms. The molecular formula is C13H18O8. The summed E-state index contributed by atoms with van der Waals surface area (Å²) < 4.78 is 4.50. The van der Waals surface area contributed by atoms with E-state index in [0.29, 0.717) is 0 Å². The van der Waals surface area contributed by atoms with Crippen LogP contribution in [0.5, 0.6) is 0 Å². The first kappa shape index (κ1) is 19.0. The summed E-state index contributed by atoms with van der Waals surface area (Å²) in [5, 5.41) is 40.9. The van der Waals surface area contributed by atoms with Crippen molar-refractivity contribution in [3.63, 3.8) is 0 Å². The summed E-state index contributed by atoms with van der Waals surface area (Å²) in [6.45, 7) is 1.27. The van der Waals surface area contributed by atoms with Crippen molar-refractivity contribution in [2.45, 2.75) is 6.10 Å². The van der Waals surface area contributed by atoms with Gasteiger partial charge in [0.05, 0.1) is 37.6 Å². The second kappa shape index (κ2) is 10.7. The number of aromatic carboxylic acids is 2. The Morgan fingerprint density at radius 2 is 1.24 bits per heavy atom. The van der Waals surface area contributed by atoms with E-state index in [-0.39, 0.29) is 24.3 Å². The molecule has 0 bridgehead atoms. The van der Waals surface area contributed by atoms with Gasteiger partial charge in [-0.05, 0) is 24.3 Å². The smallest absolute Gasteiger partial charge is 0.335 e. The number of carbonyl (C=O) groups is 2. The van der Waals surface area contributed by atoms with E-state index in [2.05, 4.69) is 4.74 Å². The number of ether oxygens (including phenoxy) is 1. The van der Waals surface area contributed by atoms with Crippen molar-refractivity contribution in [1.82, 2.24) is 0 Å². The minimum atomic E-state index is -1.06. The highest BCUT2D eigenvalue weighted by atomic mass is 16.6. The quantitative estimate of drug-likeness (QED) is 0.464. The van der Waals surface area contributed by atoms with Crippen LogP contribution in [-0.2, 0) is 4.74 Å². The molecule has 5 N–H and O–H groups in total. The normalized spacial score (nSPS) is 11.6.